The Bertz CT molecular complexity index is 1130. The van der Waals surface area contributed by atoms with Gasteiger partial charge >= 0.3 is 0 Å². The van der Waals surface area contributed by atoms with Gasteiger partial charge in [0.2, 0.25) is 5.91 Å². The summed E-state index contributed by atoms with van der Waals surface area (Å²) in [5.74, 6) is 0.846. The normalized spacial score (nSPS) is 16.0. The van der Waals surface area contributed by atoms with Crippen LogP contribution in [0, 0.1) is 0 Å². The minimum Gasteiger partial charge on any atom is -0.457 e. The molecule has 1 saturated heterocycles. The van der Waals surface area contributed by atoms with Gasteiger partial charge in [0.1, 0.15) is 16.4 Å². The predicted octanol–water partition coefficient (Wildman–Crippen LogP) is 3.92. The average molecular weight is 449 g/mol. The lowest BCUT2D eigenvalue weighted by Crippen LogP contribution is -2.53. The molecule has 0 spiro atoms. The van der Waals surface area contributed by atoms with Gasteiger partial charge in [0.05, 0.1) is 5.69 Å². The van der Waals surface area contributed by atoms with Crippen LogP contribution >= 0.6 is 11.3 Å². The fraction of sp³-hybridized carbons (Fsp3) is 0.208. The molecule has 3 aromatic rings. The summed E-state index contributed by atoms with van der Waals surface area (Å²) in [7, 11) is 0. The van der Waals surface area contributed by atoms with Crippen molar-refractivity contribution < 1.29 is 14.3 Å². The summed E-state index contributed by atoms with van der Waals surface area (Å²) < 4.78 is 5.84. The summed E-state index contributed by atoms with van der Waals surface area (Å²) in [5.41, 5.74) is 7.01. The number of hydrogen-bond donors (Lipinski definition) is 1. The molecule has 32 heavy (non-hydrogen) atoms. The molecule has 2 heterocycles. The van der Waals surface area contributed by atoms with Crippen LogP contribution in [0.1, 0.15) is 16.6 Å². The Kier molecular flexibility index (Phi) is 6.23. The van der Waals surface area contributed by atoms with Crippen LogP contribution in [0.25, 0.3) is 11.3 Å². The number of para-hydroxylation sites is 1. The topological polar surface area (TPSA) is 88.8 Å². The van der Waals surface area contributed by atoms with Crippen molar-refractivity contribution in [2.45, 2.75) is 13.0 Å². The smallest absolute Gasteiger partial charge is 0.261 e. The van der Waals surface area contributed by atoms with Crippen LogP contribution in [0.5, 0.6) is 11.5 Å². The lowest BCUT2D eigenvalue weighted by molar-refractivity contribution is -0.126. The summed E-state index contributed by atoms with van der Waals surface area (Å²) >= 11 is 1.28. The van der Waals surface area contributed by atoms with Gasteiger partial charge in [0, 0.05) is 31.2 Å². The van der Waals surface area contributed by atoms with Crippen LogP contribution < -0.4 is 15.4 Å². The van der Waals surface area contributed by atoms with E-state index in [1.165, 1.54) is 17.4 Å². The first kappa shape index (κ1) is 21.6. The van der Waals surface area contributed by atoms with Crippen molar-refractivity contribution >= 4 is 28.3 Å². The van der Waals surface area contributed by atoms with Crippen molar-refractivity contribution in [1.82, 2.24) is 9.88 Å². The zero-order valence-corrected chi connectivity index (χ0v) is 18.5. The molecule has 0 radical (unpaired) electrons. The molecule has 1 aliphatic rings. The number of carbonyl (C=O) groups excluding carboxylic acids is 2. The Balaban J connectivity index is 1.57. The first-order valence-electron chi connectivity index (χ1n) is 10.3. The molecule has 8 heteroatoms. The lowest BCUT2D eigenvalue weighted by atomic mass is 10.1. The average Bonchev–Trinajstić information content (AvgIpc) is 3.25. The van der Waals surface area contributed by atoms with Gasteiger partial charge in [0.15, 0.2) is 5.13 Å². The third-order valence-corrected chi connectivity index (χ3v) is 6.41. The van der Waals surface area contributed by atoms with E-state index in [0.29, 0.717) is 36.0 Å². The molecular formula is C24H24N4O3S. The third-order valence-electron chi connectivity index (χ3n) is 5.31. The Morgan fingerprint density at radius 2 is 1.81 bits per heavy atom. The molecule has 7 nitrogen and oxygen atoms in total. The van der Waals surface area contributed by atoms with E-state index >= 15 is 0 Å². The number of thiazole rings is 1. The number of nitrogens with two attached hydrogens (primary N) is 1. The molecule has 164 valence electrons. The van der Waals surface area contributed by atoms with Gasteiger partial charge < -0.3 is 20.3 Å². The molecule has 1 aliphatic heterocycles. The Hall–Kier alpha value is -3.65. The molecule has 2 aromatic carbocycles. The molecule has 1 fully saturated rings. The third kappa shape index (κ3) is 4.50. The highest BCUT2D eigenvalue weighted by Gasteiger charge is 2.29. The summed E-state index contributed by atoms with van der Waals surface area (Å²) in [4.78, 5) is 33.1. The van der Waals surface area contributed by atoms with E-state index in [1.807, 2.05) is 61.5 Å². The van der Waals surface area contributed by atoms with E-state index in [2.05, 4.69) is 11.5 Å². The number of piperazine rings is 1. The Morgan fingerprint density at radius 3 is 2.44 bits per heavy atom. The fourth-order valence-corrected chi connectivity index (χ4v) is 4.74. The first-order valence-corrected chi connectivity index (χ1v) is 11.1. The molecule has 2 N–H and O–H groups in total. The number of primary amides is 1. The number of amides is 2. The molecule has 0 saturated carbocycles. The summed E-state index contributed by atoms with van der Waals surface area (Å²) in [6.45, 7) is 7.35. The summed E-state index contributed by atoms with van der Waals surface area (Å²) in [5, 5.41) is 0.719. The van der Waals surface area contributed by atoms with E-state index < -0.39 is 5.91 Å². The lowest BCUT2D eigenvalue weighted by Gasteiger charge is -2.39. The van der Waals surface area contributed by atoms with Gasteiger partial charge in [-0.1, -0.05) is 36.1 Å². The maximum atomic E-state index is 12.1. The van der Waals surface area contributed by atoms with Crippen molar-refractivity contribution in [1.29, 1.82) is 0 Å². The van der Waals surface area contributed by atoms with Gasteiger partial charge in [-0.05, 0) is 49.4 Å². The largest absolute Gasteiger partial charge is 0.457 e. The molecule has 1 unspecified atom stereocenters. The van der Waals surface area contributed by atoms with Crippen LogP contribution in [-0.4, -0.2) is 47.4 Å². The predicted molar refractivity (Wildman–Crippen MR) is 126 cm³/mol. The summed E-state index contributed by atoms with van der Waals surface area (Å²) in [6, 6.07) is 17.0. The molecule has 1 aromatic heterocycles. The highest BCUT2D eigenvalue weighted by Crippen LogP contribution is 2.35. The second kappa shape index (κ2) is 9.23. The molecule has 0 bridgehead atoms. The molecular weight excluding hydrogens is 424 g/mol. The number of carbonyl (C=O) groups is 2. The van der Waals surface area contributed by atoms with Crippen LogP contribution in [0.3, 0.4) is 0 Å². The molecule has 0 aliphatic carbocycles. The highest BCUT2D eigenvalue weighted by atomic mass is 32.1. The van der Waals surface area contributed by atoms with E-state index in [9.17, 15) is 9.59 Å². The van der Waals surface area contributed by atoms with E-state index in [-0.39, 0.29) is 11.9 Å². The van der Waals surface area contributed by atoms with Crippen LogP contribution in [0.2, 0.25) is 0 Å². The number of anilines is 1. The van der Waals surface area contributed by atoms with Crippen LogP contribution in [0.4, 0.5) is 5.13 Å². The van der Waals surface area contributed by atoms with Gasteiger partial charge in [-0.3, -0.25) is 9.59 Å². The second-order valence-corrected chi connectivity index (χ2v) is 8.49. The first-order chi connectivity index (χ1) is 15.5. The van der Waals surface area contributed by atoms with Crippen molar-refractivity contribution in [3.8, 4) is 22.8 Å². The maximum absolute atomic E-state index is 12.1. The van der Waals surface area contributed by atoms with Gasteiger partial charge in [-0.15, -0.1) is 0 Å². The molecule has 1 atom stereocenters. The van der Waals surface area contributed by atoms with Crippen molar-refractivity contribution in [2.75, 3.05) is 24.5 Å². The quantitative estimate of drug-likeness (QED) is 0.578. The molecule has 2 amide bonds. The monoisotopic (exact) mass is 448 g/mol. The van der Waals surface area contributed by atoms with Crippen molar-refractivity contribution in [3.63, 3.8) is 0 Å². The maximum Gasteiger partial charge on any atom is 0.261 e. The van der Waals surface area contributed by atoms with E-state index in [4.69, 9.17) is 15.5 Å². The molecule has 4 rings (SSSR count). The standard InChI is InChI=1S/C24H24N4O3S/c1-3-20(29)27-13-14-28(16(2)15-27)24-26-21(22(32-24)23(25)30)17-9-11-19(12-10-17)31-18-7-5-4-6-8-18/h3-12,16H,1,13-15H2,2H3,(H2,25,30). The van der Waals surface area contributed by atoms with E-state index in [0.717, 1.165) is 16.4 Å². The number of benzene rings is 2. The van der Waals surface area contributed by atoms with Crippen LogP contribution in [-0.2, 0) is 4.79 Å². The SMILES string of the molecule is C=CC(=O)N1CCN(c2nc(-c3ccc(Oc4ccccc4)cc3)c(C(N)=O)s2)C(C)C1. The van der Waals surface area contributed by atoms with Gasteiger partial charge in [-0.2, -0.15) is 0 Å². The van der Waals surface area contributed by atoms with Gasteiger partial charge in [0.25, 0.3) is 5.91 Å². The van der Waals surface area contributed by atoms with E-state index in [1.54, 1.807) is 4.90 Å². The van der Waals surface area contributed by atoms with Gasteiger partial charge in [-0.25, -0.2) is 4.98 Å². The highest BCUT2D eigenvalue weighted by molar-refractivity contribution is 7.18. The minimum atomic E-state index is -0.513. The van der Waals surface area contributed by atoms with Crippen LogP contribution in [0.15, 0.2) is 67.3 Å². The Morgan fingerprint density at radius 1 is 1.12 bits per heavy atom. The fourth-order valence-electron chi connectivity index (χ4n) is 3.67. The Labute approximate surface area is 190 Å². The zero-order chi connectivity index (χ0) is 22.7. The zero-order valence-electron chi connectivity index (χ0n) is 17.7. The van der Waals surface area contributed by atoms with Crippen molar-refractivity contribution in [3.05, 3.63) is 72.1 Å². The van der Waals surface area contributed by atoms with Crippen molar-refractivity contribution in [2.24, 2.45) is 5.73 Å². The number of ether oxygens (including phenoxy) is 1. The number of hydrogen-bond acceptors (Lipinski definition) is 6. The number of aromatic nitrogens is 1. The number of nitrogens with zero attached hydrogens (tertiary/aromatic N) is 3. The second-order valence-electron chi connectivity index (χ2n) is 7.51. The number of rotatable bonds is 6. The summed E-state index contributed by atoms with van der Waals surface area (Å²) in [6.07, 6.45) is 1.33. The minimum absolute atomic E-state index is 0.0500.